The molecule has 9 heteroatoms. The number of carbonyl (C=O) groups excluding carboxylic acids is 1. The normalized spacial score (nSPS) is 14.5. The summed E-state index contributed by atoms with van der Waals surface area (Å²) in [6.45, 7) is 4.24. The van der Waals surface area contributed by atoms with E-state index in [1.807, 2.05) is 62.6 Å². The van der Waals surface area contributed by atoms with Gasteiger partial charge in [-0.05, 0) is 35.9 Å². The second-order valence-electron chi connectivity index (χ2n) is 9.34. The molecule has 0 aliphatic carbocycles. The van der Waals surface area contributed by atoms with Crippen LogP contribution < -0.4 is 4.74 Å². The van der Waals surface area contributed by atoms with Gasteiger partial charge in [0.2, 0.25) is 5.91 Å². The van der Waals surface area contributed by atoms with Gasteiger partial charge in [0, 0.05) is 63.5 Å². The third kappa shape index (κ3) is 4.77. The second-order valence-corrected chi connectivity index (χ2v) is 9.34. The van der Waals surface area contributed by atoms with E-state index in [9.17, 15) is 4.79 Å². The number of hydrogen-bond donors (Lipinski definition) is 0. The molecule has 6 rings (SSSR count). The minimum Gasteiger partial charge on any atom is -0.497 e. The minimum atomic E-state index is 0.170. The van der Waals surface area contributed by atoms with Gasteiger partial charge in [0.05, 0.1) is 12.8 Å². The van der Waals surface area contributed by atoms with Crippen LogP contribution in [-0.2, 0) is 17.8 Å². The molecular formula is C28H29N7O2. The number of ether oxygens (including phenoxy) is 1. The predicted molar refractivity (Wildman–Crippen MR) is 140 cm³/mol. The van der Waals surface area contributed by atoms with Crippen molar-refractivity contribution in [3.63, 3.8) is 0 Å². The van der Waals surface area contributed by atoms with Crippen molar-refractivity contribution >= 4 is 17.1 Å². The van der Waals surface area contributed by atoms with Crippen LogP contribution in [0.25, 0.3) is 22.4 Å². The predicted octanol–water partition coefficient (Wildman–Crippen LogP) is 3.33. The van der Waals surface area contributed by atoms with Crippen molar-refractivity contribution in [2.24, 2.45) is 0 Å². The summed E-state index contributed by atoms with van der Waals surface area (Å²) in [7, 11) is 1.65. The lowest BCUT2D eigenvalue weighted by Gasteiger charge is -2.34. The van der Waals surface area contributed by atoms with Crippen molar-refractivity contribution in [1.82, 2.24) is 34.0 Å². The largest absolute Gasteiger partial charge is 0.497 e. The second kappa shape index (κ2) is 10.0. The molecule has 1 saturated heterocycles. The van der Waals surface area contributed by atoms with Crippen LogP contribution in [0.4, 0.5) is 0 Å². The highest BCUT2D eigenvalue weighted by molar-refractivity contribution is 5.78. The molecule has 3 aromatic heterocycles. The van der Waals surface area contributed by atoms with E-state index in [0.717, 1.165) is 66.7 Å². The van der Waals surface area contributed by atoms with E-state index in [1.165, 1.54) is 5.56 Å². The fourth-order valence-electron chi connectivity index (χ4n) is 4.91. The van der Waals surface area contributed by atoms with Crippen molar-refractivity contribution in [3.05, 3.63) is 84.4 Å². The highest BCUT2D eigenvalue weighted by Crippen LogP contribution is 2.24. The molecule has 1 aliphatic heterocycles. The lowest BCUT2D eigenvalue weighted by Crippen LogP contribution is -2.48. The highest BCUT2D eigenvalue weighted by atomic mass is 16.5. The number of nitrogens with zero attached hydrogens (tertiary/aromatic N) is 7. The number of rotatable bonds is 7. The van der Waals surface area contributed by atoms with Crippen LogP contribution in [0.3, 0.4) is 0 Å². The molecule has 188 valence electrons. The average Bonchev–Trinajstić information content (AvgIpc) is 3.57. The third-order valence-corrected chi connectivity index (χ3v) is 7.01. The van der Waals surface area contributed by atoms with Crippen LogP contribution >= 0.6 is 0 Å². The highest BCUT2D eigenvalue weighted by Gasteiger charge is 2.22. The maximum atomic E-state index is 12.9. The molecular weight excluding hydrogens is 466 g/mol. The molecule has 1 aliphatic rings. The Morgan fingerprint density at radius 2 is 1.73 bits per heavy atom. The lowest BCUT2D eigenvalue weighted by atomic mass is 10.1. The van der Waals surface area contributed by atoms with Crippen LogP contribution in [0.5, 0.6) is 5.75 Å². The number of amides is 1. The van der Waals surface area contributed by atoms with Gasteiger partial charge < -0.3 is 9.64 Å². The molecule has 9 nitrogen and oxygen atoms in total. The molecule has 0 saturated carbocycles. The Hall–Kier alpha value is -4.24. The Kier molecular flexibility index (Phi) is 6.28. The maximum absolute atomic E-state index is 12.9. The molecule has 0 atom stereocenters. The zero-order valence-electron chi connectivity index (χ0n) is 20.8. The van der Waals surface area contributed by atoms with E-state index >= 15 is 0 Å². The van der Waals surface area contributed by atoms with Crippen LogP contribution in [-0.4, -0.2) is 73.2 Å². The number of hydrogen-bond acceptors (Lipinski definition) is 6. The smallest absolute Gasteiger partial charge is 0.223 e. The molecule has 0 radical (unpaired) electrons. The molecule has 0 N–H and O–H groups in total. The fourth-order valence-corrected chi connectivity index (χ4v) is 4.91. The zero-order valence-corrected chi connectivity index (χ0v) is 20.8. The van der Waals surface area contributed by atoms with Crippen molar-refractivity contribution in [2.45, 2.75) is 19.4 Å². The number of aromatic nitrogens is 5. The number of benzene rings is 2. The number of fused-ring (bicyclic) bond motifs is 3. The van der Waals surface area contributed by atoms with Gasteiger partial charge in [-0.25, -0.2) is 4.52 Å². The van der Waals surface area contributed by atoms with Crippen molar-refractivity contribution < 1.29 is 9.53 Å². The van der Waals surface area contributed by atoms with Crippen LogP contribution in [0.1, 0.15) is 17.8 Å². The van der Waals surface area contributed by atoms with E-state index in [4.69, 9.17) is 9.84 Å². The fraction of sp³-hybridized carbons (Fsp3) is 0.286. The number of methoxy groups -OCH3 is 1. The first kappa shape index (κ1) is 23.2. The summed E-state index contributed by atoms with van der Waals surface area (Å²) < 4.78 is 9.02. The summed E-state index contributed by atoms with van der Waals surface area (Å²) in [5.41, 5.74) is 4.75. The Bertz CT molecular complexity index is 1520. The van der Waals surface area contributed by atoms with Crippen molar-refractivity contribution in [1.29, 1.82) is 0 Å². The molecule has 2 aromatic carbocycles. The van der Waals surface area contributed by atoms with Gasteiger partial charge in [-0.3, -0.25) is 14.1 Å². The van der Waals surface area contributed by atoms with Crippen molar-refractivity contribution in [3.8, 4) is 17.0 Å². The monoisotopic (exact) mass is 495 g/mol. The zero-order chi connectivity index (χ0) is 25.2. The lowest BCUT2D eigenvalue weighted by molar-refractivity contribution is -0.133. The number of piperazine rings is 1. The molecule has 4 heterocycles. The van der Waals surface area contributed by atoms with Gasteiger partial charge in [0.25, 0.3) is 0 Å². The van der Waals surface area contributed by atoms with Crippen LogP contribution in [0.15, 0.2) is 73.1 Å². The van der Waals surface area contributed by atoms with Crippen LogP contribution in [0, 0.1) is 0 Å². The first-order valence-corrected chi connectivity index (χ1v) is 12.6. The summed E-state index contributed by atoms with van der Waals surface area (Å²) in [5, 5.41) is 13.5. The van der Waals surface area contributed by atoms with Crippen molar-refractivity contribution in [2.75, 3.05) is 33.3 Å². The van der Waals surface area contributed by atoms with Gasteiger partial charge in [0.15, 0.2) is 5.65 Å². The third-order valence-electron chi connectivity index (χ3n) is 7.01. The van der Waals surface area contributed by atoms with Crippen LogP contribution in [0.2, 0.25) is 0 Å². The SMILES string of the molecule is COc1ccc(-c2cc3c4nnc(CCC(=O)N5CCN(Cc6ccccc6)CC5)n4ccn3n2)cc1. The molecule has 37 heavy (non-hydrogen) atoms. The Balaban J connectivity index is 1.10. The minimum absolute atomic E-state index is 0.170. The molecule has 0 spiro atoms. The number of aryl methyl sites for hydroxylation is 1. The maximum Gasteiger partial charge on any atom is 0.223 e. The Morgan fingerprint density at radius 1 is 0.946 bits per heavy atom. The quantitative estimate of drug-likeness (QED) is 0.345. The van der Waals surface area contributed by atoms with E-state index in [1.54, 1.807) is 7.11 Å². The van der Waals surface area contributed by atoms with Gasteiger partial charge >= 0.3 is 0 Å². The Labute approximate surface area is 214 Å². The first-order chi connectivity index (χ1) is 18.2. The van der Waals surface area contributed by atoms with Gasteiger partial charge in [-0.2, -0.15) is 5.10 Å². The molecule has 0 bridgehead atoms. The van der Waals surface area contributed by atoms with E-state index < -0.39 is 0 Å². The number of carbonyl (C=O) groups is 1. The summed E-state index contributed by atoms with van der Waals surface area (Å²) in [4.78, 5) is 17.3. The summed E-state index contributed by atoms with van der Waals surface area (Å²) in [6, 6.07) is 20.3. The molecule has 5 aromatic rings. The van der Waals surface area contributed by atoms with E-state index in [0.29, 0.717) is 12.8 Å². The van der Waals surface area contributed by atoms with Gasteiger partial charge in [-0.15, -0.1) is 10.2 Å². The Morgan fingerprint density at radius 3 is 2.49 bits per heavy atom. The summed E-state index contributed by atoms with van der Waals surface area (Å²) in [6.07, 6.45) is 4.77. The molecule has 1 fully saturated rings. The van der Waals surface area contributed by atoms with E-state index in [-0.39, 0.29) is 5.91 Å². The summed E-state index contributed by atoms with van der Waals surface area (Å²) >= 11 is 0. The molecule has 1 amide bonds. The standard InChI is InChI=1S/C28H29N7O2/c1-37-23-9-7-22(8-10-23)24-19-25-28-30-29-26(34(28)17-18-35(25)31-24)11-12-27(36)33-15-13-32(14-16-33)20-21-5-3-2-4-6-21/h2-10,17-19H,11-16,20H2,1H3. The van der Waals surface area contributed by atoms with E-state index in [2.05, 4.69) is 39.4 Å². The molecule has 0 unspecified atom stereocenters. The topological polar surface area (TPSA) is 80.3 Å². The van der Waals surface area contributed by atoms with Gasteiger partial charge in [0.1, 0.15) is 17.1 Å². The van der Waals surface area contributed by atoms with Gasteiger partial charge in [-0.1, -0.05) is 30.3 Å². The average molecular weight is 496 g/mol. The summed E-state index contributed by atoms with van der Waals surface area (Å²) in [5.74, 6) is 1.75. The first-order valence-electron chi connectivity index (χ1n) is 12.6.